The number of nitrogens with one attached hydrogen (secondary N) is 1. The van der Waals surface area contributed by atoms with Crippen LogP contribution in [0.3, 0.4) is 0 Å². The number of rotatable bonds is 4. The molecule has 7 heteroatoms. The van der Waals surface area contributed by atoms with E-state index in [0.29, 0.717) is 16.3 Å². The van der Waals surface area contributed by atoms with Crippen LogP contribution in [0.1, 0.15) is 18.5 Å². The molecule has 140 valence electrons. The summed E-state index contributed by atoms with van der Waals surface area (Å²) in [5.41, 5.74) is 3.72. The molecule has 0 spiro atoms. The van der Waals surface area contributed by atoms with Crippen molar-refractivity contribution in [2.75, 3.05) is 5.32 Å². The van der Waals surface area contributed by atoms with Crippen LogP contribution in [0.4, 0.5) is 10.1 Å². The van der Waals surface area contributed by atoms with Crippen LogP contribution in [0.5, 0.6) is 0 Å². The summed E-state index contributed by atoms with van der Waals surface area (Å²) >= 11 is 9.88. The maximum atomic E-state index is 14.6. The molecule has 0 radical (unpaired) electrons. The maximum Gasteiger partial charge on any atom is 0.128 e. The first-order valence-electron chi connectivity index (χ1n) is 8.58. The average molecular weight is 458 g/mol. The quantitative estimate of drug-likeness (QED) is 0.384. The molecule has 4 nitrogen and oxygen atoms in total. The van der Waals surface area contributed by atoms with E-state index in [1.165, 1.54) is 12.4 Å². The lowest BCUT2D eigenvalue weighted by Crippen LogP contribution is -2.10. The van der Waals surface area contributed by atoms with E-state index in [9.17, 15) is 4.39 Å². The highest BCUT2D eigenvalue weighted by Gasteiger charge is 2.16. The third kappa shape index (κ3) is 3.70. The number of halogens is 3. The smallest absolute Gasteiger partial charge is 0.128 e. The molecule has 0 amide bonds. The summed E-state index contributed by atoms with van der Waals surface area (Å²) in [6.07, 6.45) is 6.47. The number of pyridine rings is 1. The van der Waals surface area contributed by atoms with Crippen molar-refractivity contribution in [2.24, 2.45) is 0 Å². The lowest BCUT2D eigenvalue weighted by atomic mass is 10.0. The lowest BCUT2D eigenvalue weighted by molar-refractivity contribution is 0.600. The van der Waals surface area contributed by atoms with Gasteiger partial charge in [-0.25, -0.2) is 14.4 Å². The Kier molecular flexibility index (Phi) is 5.24. The van der Waals surface area contributed by atoms with Gasteiger partial charge in [0, 0.05) is 39.6 Å². The van der Waals surface area contributed by atoms with Gasteiger partial charge in [0.25, 0.3) is 0 Å². The Labute approximate surface area is 175 Å². The maximum absolute atomic E-state index is 14.6. The fourth-order valence-electron chi connectivity index (χ4n) is 3.08. The zero-order valence-electron chi connectivity index (χ0n) is 14.8. The number of hydrogen-bond acceptors (Lipinski definition) is 4. The van der Waals surface area contributed by atoms with E-state index in [2.05, 4.69) is 36.2 Å². The van der Waals surface area contributed by atoms with Crippen molar-refractivity contribution < 1.29 is 4.39 Å². The Morgan fingerprint density at radius 3 is 2.61 bits per heavy atom. The number of nitrogens with zero attached hydrogens (tertiary/aromatic N) is 3. The summed E-state index contributed by atoms with van der Waals surface area (Å²) < 4.78 is 15.5. The molecule has 28 heavy (non-hydrogen) atoms. The van der Waals surface area contributed by atoms with E-state index < -0.39 is 0 Å². The van der Waals surface area contributed by atoms with Crippen LogP contribution in [0.15, 0.2) is 65.8 Å². The first-order chi connectivity index (χ1) is 13.5. The molecule has 2 heterocycles. The summed E-state index contributed by atoms with van der Waals surface area (Å²) in [5, 5.41) is 4.69. The molecule has 0 aliphatic rings. The van der Waals surface area contributed by atoms with Gasteiger partial charge in [-0.2, -0.15) is 0 Å². The van der Waals surface area contributed by atoms with Crippen molar-refractivity contribution in [2.45, 2.75) is 13.0 Å². The largest absolute Gasteiger partial charge is 0.377 e. The number of hydrogen-bond donors (Lipinski definition) is 1. The molecule has 1 unspecified atom stereocenters. The first kappa shape index (κ1) is 18.8. The van der Waals surface area contributed by atoms with Crippen molar-refractivity contribution in [3.05, 3.63) is 82.2 Å². The van der Waals surface area contributed by atoms with E-state index >= 15 is 0 Å². The predicted octanol–water partition coefficient (Wildman–Crippen LogP) is 6.42. The summed E-state index contributed by atoms with van der Waals surface area (Å²) in [6, 6.07) is 10.4. The van der Waals surface area contributed by atoms with Crippen LogP contribution in [-0.4, -0.2) is 15.0 Å². The molecular weight excluding hydrogens is 443 g/mol. The Morgan fingerprint density at radius 1 is 1.04 bits per heavy atom. The fraction of sp³-hybridized carbons (Fsp3) is 0.0952. The van der Waals surface area contributed by atoms with Crippen LogP contribution in [0.2, 0.25) is 5.02 Å². The van der Waals surface area contributed by atoms with Crippen LogP contribution < -0.4 is 5.32 Å². The lowest BCUT2D eigenvalue weighted by Gasteiger charge is -2.20. The summed E-state index contributed by atoms with van der Waals surface area (Å²) in [6.45, 7) is 1.89. The van der Waals surface area contributed by atoms with Gasteiger partial charge in [-0.15, -0.1) is 0 Å². The summed E-state index contributed by atoms with van der Waals surface area (Å²) in [5.74, 6) is -0.295. The Morgan fingerprint density at radius 2 is 1.82 bits per heavy atom. The second-order valence-electron chi connectivity index (χ2n) is 6.37. The minimum absolute atomic E-state index is 0.295. The van der Waals surface area contributed by atoms with Gasteiger partial charge in [0.05, 0.1) is 22.3 Å². The van der Waals surface area contributed by atoms with Gasteiger partial charge in [-0.1, -0.05) is 33.6 Å². The SMILES string of the molecule is CC(Nc1c(Cl)cnc2ccc(Br)cc12)c1cc(-c2cncnc2)ccc1F. The van der Waals surface area contributed by atoms with Crippen molar-refractivity contribution >= 4 is 44.1 Å². The molecular formula is C21H15BrClFN4. The summed E-state index contributed by atoms with van der Waals surface area (Å²) in [7, 11) is 0. The molecule has 0 fully saturated rings. The van der Waals surface area contributed by atoms with Gasteiger partial charge in [-0.3, -0.25) is 4.98 Å². The van der Waals surface area contributed by atoms with E-state index in [1.807, 2.05) is 25.1 Å². The number of fused-ring (bicyclic) bond motifs is 1. The monoisotopic (exact) mass is 456 g/mol. The van der Waals surface area contributed by atoms with Crippen LogP contribution in [0.25, 0.3) is 22.0 Å². The van der Waals surface area contributed by atoms with Gasteiger partial charge >= 0.3 is 0 Å². The number of benzene rings is 2. The third-order valence-electron chi connectivity index (χ3n) is 4.50. The molecule has 0 bridgehead atoms. The number of anilines is 1. The van der Waals surface area contributed by atoms with Gasteiger partial charge < -0.3 is 5.32 Å². The highest BCUT2D eigenvalue weighted by Crippen LogP contribution is 2.35. The van der Waals surface area contributed by atoms with E-state index in [-0.39, 0.29) is 11.9 Å². The highest BCUT2D eigenvalue weighted by atomic mass is 79.9. The van der Waals surface area contributed by atoms with Crippen molar-refractivity contribution in [3.63, 3.8) is 0 Å². The molecule has 1 N–H and O–H groups in total. The molecule has 0 saturated heterocycles. The second-order valence-corrected chi connectivity index (χ2v) is 7.69. The number of aromatic nitrogens is 3. The molecule has 4 rings (SSSR count). The molecule has 0 aliphatic carbocycles. The van der Waals surface area contributed by atoms with Crippen LogP contribution >= 0.6 is 27.5 Å². The summed E-state index contributed by atoms with van der Waals surface area (Å²) in [4.78, 5) is 12.4. The zero-order chi connectivity index (χ0) is 19.7. The van der Waals surface area contributed by atoms with E-state index in [0.717, 1.165) is 26.5 Å². The topological polar surface area (TPSA) is 50.7 Å². The van der Waals surface area contributed by atoms with E-state index in [1.54, 1.807) is 30.7 Å². The van der Waals surface area contributed by atoms with Crippen LogP contribution in [-0.2, 0) is 0 Å². The van der Waals surface area contributed by atoms with Gasteiger partial charge in [0.15, 0.2) is 0 Å². The molecule has 4 aromatic rings. The van der Waals surface area contributed by atoms with Gasteiger partial charge in [0.1, 0.15) is 12.1 Å². The van der Waals surface area contributed by atoms with Crippen molar-refractivity contribution in [1.29, 1.82) is 0 Å². The van der Waals surface area contributed by atoms with Gasteiger partial charge in [0.2, 0.25) is 0 Å². The molecule has 2 aromatic carbocycles. The fourth-order valence-corrected chi connectivity index (χ4v) is 3.65. The predicted molar refractivity (Wildman–Crippen MR) is 114 cm³/mol. The molecule has 0 aliphatic heterocycles. The minimum atomic E-state index is -0.327. The van der Waals surface area contributed by atoms with Gasteiger partial charge in [-0.05, 0) is 42.8 Å². The normalized spacial score (nSPS) is 12.1. The van der Waals surface area contributed by atoms with Crippen LogP contribution in [0, 0.1) is 5.82 Å². The molecule has 1 atom stereocenters. The highest BCUT2D eigenvalue weighted by molar-refractivity contribution is 9.10. The Balaban J connectivity index is 1.73. The minimum Gasteiger partial charge on any atom is -0.377 e. The first-order valence-corrected chi connectivity index (χ1v) is 9.75. The second kappa shape index (κ2) is 7.81. The van der Waals surface area contributed by atoms with Crippen molar-refractivity contribution in [3.8, 4) is 11.1 Å². The zero-order valence-corrected chi connectivity index (χ0v) is 17.2. The third-order valence-corrected chi connectivity index (χ3v) is 5.28. The van der Waals surface area contributed by atoms with Crippen molar-refractivity contribution in [1.82, 2.24) is 15.0 Å². The standard InChI is InChI=1S/C21H15BrClFN4/c1-12(16-6-13(2-4-19(16)24)14-8-25-11-26-9-14)28-21-17-7-15(22)3-5-20(17)27-10-18(21)23/h2-12H,1H3,(H,27,28). The Bertz CT molecular complexity index is 1150. The molecule has 2 aromatic heterocycles. The van der Waals surface area contributed by atoms with E-state index in [4.69, 9.17) is 11.6 Å². The average Bonchev–Trinajstić information content (AvgIpc) is 2.71. The Hall–Kier alpha value is -2.57. The molecule has 0 saturated carbocycles.